The molecule has 3 N–H and O–H groups in total. The predicted molar refractivity (Wildman–Crippen MR) is 118 cm³/mol. The van der Waals surface area contributed by atoms with Crippen molar-refractivity contribution in [2.75, 3.05) is 25.4 Å². The summed E-state index contributed by atoms with van der Waals surface area (Å²) in [5.41, 5.74) is 5.21. The van der Waals surface area contributed by atoms with Crippen molar-refractivity contribution in [2.45, 2.75) is 31.8 Å². The van der Waals surface area contributed by atoms with E-state index in [1.54, 1.807) is 24.0 Å². The van der Waals surface area contributed by atoms with Gasteiger partial charge in [-0.25, -0.2) is 4.79 Å². The Morgan fingerprint density at radius 1 is 1.12 bits per heavy atom. The van der Waals surface area contributed by atoms with E-state index in [1.165, 1.54) is 6.07 Å². The number of piperidine rings is 1. The number of amides is 3. The molecule has 3 amide bonds. The van der Waals surface area contributed by atoms with Crippen LogP contribution in [0.15, 0.2) is 29.1 Å². The summed E-state index contributed by atoms with van der Waals surface area (Å²) in [7, 11) is 0. The number of ketones is 1. The summed E-state index contributed by atoms with van der Waals surface area (Å²) in [6, 6.07) is 5.70. The van der Waals surface area contributed by atoms with Crippen LogP contribution in [0.5, 0.6) is 5.75 Å². The van der Waals surface area contributed by atoms with Gasteiger partial charge in [-0.15, -0.1) is 0 Å². The molecule has 1 fully saturated rings. The highest BCUT2D eigenvalue weighted by Gasteiger charge is 2.44. The van der Waals surface area contributed by atoms with Crippen LogP contribution in [0, 0.1) is 0 Å². The molecule has 1 saturated heterocycles. The van der Waals surface area contributed by atoms with E-state index in [-0.39, 0.29) is 40.9 Å². The molecule has 11 nitrogen and oxygen atoms in total. The van der Waals surface area contributed by atoms with Gasteiger partial charge in [0.2, 0.25) is 0 Å². The summed E-state index contributed by atoms with van der Waals surface area (Å²) in [6.45, 7) is 2.88. The second-order valence-electron chi connectivity index (χ2n) is 8.53. The molecular formula is C23H22N4O7. The molecule has 1 spiro atoms. The van der Waals surface area contributed by atoms with Crippen molar-refractivity contribution < 1.29 is 28.7 Å². The number of carbonyl (C=O) groups is 4. The van der Waals surface area contributed by atoms with Gasteiger partial charge < -0.3 is 20.1 Å². The lowest BCUT2D eigenvalue weighted by Crippen LogP contribution is -2.52. The van der Waals surface area contributed by atoms with E-state index in [4.69, 9.17) is 15.2 Å². The number of Topliss-reactive ketones (excluding diaryl/α,β-unsaturated/α-hetero) is 1. The number of anilines is 1. The molecule has 2 aromatic rings. The van der Waals surface area contributed by atoms with Gasteiger partial charge in [-0.3, -0.25) is 29.1 Å². The van der Waals surface area contributed by atoms with E-state index < -0.39 is 23.0 Å². The molecule has 0 aliphatic carbocycles. The Labute approximate surface area is 193 Å². The Morgan fingerprint density at radius 2 is 1.85 bits per heavy atom. The first-order chi connectivity index (χ1) is 16.2. The Morgan fingerprint density at radius 3 is 2.56 bits per heavy atom. The molecule has 1 aromatic heterocycles. The number of imide groups is 1. The van der Waals surface area contributed by atoms with Crippen molar-refractivity contribution in [1.82, 2.24) is 14.8 Å². The van der Waals surface area contributed by atoms with E-state index in [1.807, 2.05) is 0 Å². The molecule has 0 atom stereocenters. The highest BCUT2D eigenvalue weighted by molar-refractivity contribution is 6.23. The number of carbonyl (C=O) groups excluding carboxylic acids is 4. The van der Waals surface area contributed by atoms with Crippen LogP contribution in [-0.4, -0.2) is 58.5 Å². The molecule has 0 unspecified atom stereocenters. The zero-order valence-electron chi connectivity index (χ0n) is 18.4. The second kappa shape index (κ2) is 7.72. The quantitative estimate of drug-likeness (QED) is 0.628. The van der Waals surface area contributed by atoms with Crippen LogP contribution in [0.2, 0.25) is 0 Å². The number of ether oxygens (including phenoxy) is 2. The highest BCUT2D eigenvalue weighted by Crippen LogP contribution is 2.40. The fraction of sp³-hybridized carbons (Fsp3) is 0.348. The number of aromatic nitrogens is 1. The van der Waals surface area contributed by atoms with Crippen LogP contribution >= 0.6 is 0 Å². The van der Waals surface area contributed by atoms with Crippen LogP contribution in [0.25, 0.3) is 5.69 Å². The van der Waals surface area contributed by atoms with Gasteiger partial charge in [0.1, 0.15) is 17.2 Å². The van der Waals surface area contributed by atoms with Crippen molar-refractivity contribution in [1.29, 1.82) is 0 Å². The lowest BCUT2D eigenvalue weighted by molar-refractivity contribution is -0.00861. The largest absolute Gasteiger partial charge is 0.486 e. The van der Waals surface area contributed by atoms with Crippen LogP contribution in [0.1, 0.15) is 57.3 Å². The first kappa shape index (κ1) is 21.7. The standard InChI is InChI=1S/C23H22N4O7/c1-2-33-22(32)26-7-5-23(6-8-26)11-15(28)13-9-12(3-4-16(13)34-23)27-17(29)10-14-18(19(27)24)21(31)25-20(14)30/h3-4,9-10H,2,5-8,11,24H2,1H3,(H,25,30,31). The number of hydrogen-bond acceptors (Lipinski definition) is 8. The van der Waals surface area contributed by atoms with Crippen molar-refractivity contribution in [3.8, 4) is 11.4 Å². The molecule has 176 valence electrons. The molecule has 0 radical (unpaired) electrons. The minimum atomic E-state index is -0.712. The molecule has 3 aliphatic rings. The predicted octanol–water partition coefficient (Wildman–Crippen LogP) is 1.26. The summed E-state index contributed by atoms with van der Waals surface area (Å²) in [5.74, 6) is -1.32. The summed E-state index contributed by atoms with van der Waals surface area (Å²) < 4.78 is 12.4. The summed E-state index contributed by atoms with van der Waals surface area (Å²) in [5, 5.41) is 2.12. The van der Waals surface area contributed by atoms with Gasteiger partial charge in [0, 0.05) is 32.0 Å². The van der Waals surface area contributed by atoms with Crippen LogP contribution in [0.4, 0.5) is 10.6 Å². The normalized spacial score (nSPS) is 18.3. The zero-order valence-corrected chi connectivity index (χ0v) is 18.4. The maximum Gasteiger partial charge on any atom is 0.409 e. The summed E-state index contributed by atoms with van der Waals surface area (Å²) >= 11 is 0. The molecular weight excluding hydrogens is 444 g/mol. The second-order valence-corrected chi connectivity index (χ2v) is 8.53. The van der Waals surface area contributed by atoms with Crippen LogP contribution < -0.4 is 21.3 Å². The van der Waals surface area contributed by atoms with Gasteiger partial charge in [-0.05, 0) is 25.1 Å². The van der Waals surface area contributed by atoms with E-state index in [0.29, 0.717) is 43.9 Å². The monoisotopic (exact) mass is 466 g/mol. The molecule has 4 heterocycles. The molecule has 0 saturated carbocycles. The van der Waals surface area contributed by atoms with Gasteiger partial charge in [0.05, 0.1) is 35.4 Å². The van der Waals surface area contributed by atoms with Gasteiger partial charge in [-0.2, -0.15) is 0 Å². The van der Waals surface area contributed by atoms with Gasteiger partial charge in [0.15, 0.2) is 5.78 Å². The van der Waals surface area contributed by atoms with Crippen molar-refractivity contribution in [2.24, 2.45) is 0 Å². The zero-order chi connectivity index (χ0) is 24.2. The Bertz CT molecular complexity index is 1320. The van der Waals surface area contributed by atoms with E-state index in [2.05, 4.69) is 5.32 Å². The maximum atomic E-state index is 13.1. The number of likely N-dealkylation sites (tertiary alicyclic amines) is 1. The van der Waals surface area contributed by atoms with E-state index >= 15 is 0 Å². The van der Waals surface area contributed by atoms with Crippen LogP contribution in [0.3, 0.4) is 0 Å². The minimum Gasteiger partial charge on any atom is -0.486 e. The van der Waals surface area contributed by atoms with E-state index in [9.17, 15) is 24.0 Å². The lowest BCUT2D eigenvalue weighted by Gasteiger charge is -2.43. The lowest BCUT2D eigenvalue weighted by atomic mass is 9.82. The molecule has 34 heavy (non-hydrogen) atoms. The molecule has 5 rings (SSSR count). The summed E-state index contributed by atoms with van der Waals surface area (Å²) in [4.78, 5) is 63.4. The Kier molecular flexibility index (Phi) is 4.92. The van der Waals surface area contributed by atoms with Gasteiger partial charge in [-0.1, -0.05) is 0 Å². The summed E-state index contributed by atoms with van der Waals surface area (Å²) in [6.07, 6.45) is 0.724. The van der Waals surface area contributed by atoms with Crippen LogP contribution in [-0.2, 0) is 4.74 Å². The fourth-order valence-electron chi connectivity index (χ4n) is 4.76. The third-order valence-corrected chi connectivity index (χ3v) is 6.48. The number of nitrogens with one attached hydrogen (secondary N) is 1. The Hall–Kier alpha value is -4.15. The molecule has 11 heteroatoms. The average Bonchev–Trinajstić information content (AvgIpc) is 3.08. The number of pyridine rings is 1. The van der Waals surface area contributed by atoms with Crippen molar-refractivity contribution in [3.05, 3.63) is 51.3 Å². The number of benzene rings is 1. The third kappa shape index (κ3) is 3.31. The first-order valence-electron chi connectivity index (χ1n) is 10.9. The minimum absolute atomic E-state index is 0.0720. The maximum absolute atomic E-state index is 13.1. The molecule has 0 bridgehead atoms. The molecule has 1 aromatic carbocycles. The topological polar surface area (TPSA) is 150 Å². The van der Waals surface area contributed by atoms with Crippen molar-refractivity contribution >= 4 is 29.5 Å². The number of nitrogens with zero attached hydrogens (tertiary/aromatic N) is 2. The van der Waals surface area contributed by atoms with E-state index in [0.717, 1.165) is 10.6 Å². The Balaban J connectivity index is 1.45. The first-order valence-corrected chi connectivity index (χ1v) is 10.9. The number of fused-ring (bicyclic) bond motifs is 2. The molecule has 3 aliphatic heterocycles. The SMILES string of the molecule is CCOC(=O)N1CCC2(CC1)CC(=O)c1cc(-n3c(N)c4c(cc3=O)C(=O)NC4=O)ccc1O2. The number of rotatable bonds is 2. The number of nitrogens with two attached hydrogens (primary N) is 1. The van der Waals surface area contributed by atoms with Crippen molar-refractivity contribution in [3.63, 3.8) is 0 Å². The van der Waals surface area contributed by atoms with Gasteiger partial charge in [0.25, 0.3) is 17.4 Å². The average molecular weight is 466 g/mol. The highest BCUT2D eigenvalue weighted by atomic mass is 16.6. The van der Waals surface area contributed by atoms with Gasteiger partial charge >= 0.3 is 6.09 Å². The number of nitrogen functional groups attached to an aromatic ring is 1. The number of hydrogen-bond donors (Lipinski definition) is 2. The smallest absolute Gasteiger partial charge is 0.409 e. The third-order valence-electron chi connectivity index (χ3n) is 6.48. The fourth-order valence-corrected chi connectivity index (χ4v) is 4.76.